The Balaban J connectivity index is 1.67. The highest BCUT2D eigenvalue weighted by molar-refractivity contribution is 7.91. The van der Waals surface area contributed by atoms with Gasteiger partial charge in [-0.25, -0.2) is 8.42 Å². The summed E-state index contributed by atoms with van der Waals surface area (Å²) >= 11 is 0. The molecule has 2 fully saturated rings. The first kappa shape index (κ1) is 14.3. The lowest BCUT2D eigenvalue weighted by Crippen LogP contribution is -2.47. The summed E-state index contributed by atoms with van der Waals surface area (Å²) in [5.74, 6) is 0.688. The smallest absolute Gasteiger partial charge is 0.153 e. The molecule has 2 unspecified atom stereocenters. The van der Waals surface area contributed by atoms with Gasteiger partial charge in [0.1, 0.15) is 0 Å². The Kier molecular flexibility index (Phi) is 5.04. The van der Waals surface area contributed by atoms with E-state index in [-0.39, 0.29) is 6.04 Å². The summed E-state index contributed by atoms with van der Waals surface area (Å²) in [5, 5.41) is 3.57. The predicted molar refractivity (Wildman–Crippen MR) is 74.6 cm³/mol. The van der Waals surface area contributed by atoms with Gasteiger partial charge >= 0.3 is 0 Å². The summed E-state index contributed by atoms with van der Waals surface area (Å²) < 4.78 is 23.0. The number of hydrogen-bond donors (Lipinski definition) is 1. The fraction of sp³-hybridized carbons (Fsp3) is 1.00. The second-order valence-electron chi connectivity index (χ2n) is 5.79. The molecule has 0 aromatic rings. The minimum absolute atomic E-state index is 0.197. The third kappa shape index (κ3) is 4.21. The molecule has 0 spiro atoms. The highest BCUT2D eigenvalue weighted by Crippen LogP contribution is 2.15. The first-order valence-electron chi connectivity index (χ1n) is 7.25. The fourth-order valence-corrected chi connectivity index (χ4v) is 4.70. The molecule has 2 atom stereocenters. The van der Waals surface area contributed by atoms with Crippen molar-refractivity contribution in [3.8, 4) is 0 Å². The first-order valence-corrected chi connectivity index (χ1v) is 9.07. The minimum atomic E-state index is -2.76. The molecule has 1 N–H and O–H groups in total. The highest BCUT2D eigenvalue weighted by atomic mass is 32.2. The van der Waals surface area contributed by atoms with Crippen LogP contribution < -0.4 is 5.32 Å². The summed E-state index contributed by atoms with van der Waals surface area (Å²) in [5.41, 5.74) is 0. The maximum absolute atomic E-state index is 11.5. The zero-order valence-electron chi connectivity index (χ0n) is 11.4. The molecule has 0 aromatic carbocycles. The Bertz CT molecular complexity index is 350. The zero-order chi connectivity index (χ0) is 13.0. The SMILES string of the molecule is CC1CS(=O)(=O)CCN1CCCC1CCCCN1. The number of sulfone groups is 1. The van der Waals surface area contributed by atoms with Crippen LogP contribution in [0.2, 0.25) is 0 Å². The van der Waals surface area contributed by atoms with Crippen LogP contribution in [0.15, 0.2) is 0 Å². The van der Waals surface area contributed by atoms with Crippen LogP contribution in [0.1, 0.15) is 39.0 Å². The van der Waals surface area contributed by atoms with E-state index < -0.39 is 9.84 Å². The van der Waals surface area contributed by atoms with Crippen LogP contribution in [0.3, 0.4) is 0 Å². The van der Waals surface area contributed by atoms with E-state index in [0.717, 1.165) is 13.1 Å². The largest absolute Gasteiger partial charge is 0.314 e. The Morgan fingerprint density at radius 1 is 1.33 bits per heavy atom. The van der Waals surface area contributed by atoms with Gasteiger partial charge in [0.05, 0.1) is 11.5 Å². The molecular formula is C13H26N2O2S. The molecule has 106 valence electrons. The Morgan fingerprint density at radius 2 is 2.17 bits per heavy atom. The van der Waals surface area contributed by atoms with Gasteiger partial charge in [-0.05, 0) is 45.7 Å². The average Bonchev–Trinajstić information content (AvgIpc) is 2.33. The van der Waals surface area contributed by atoms with Gasteiger partial charge in [-0.15, -0.1) is 0 Å². The second kappa shape index (κ2) is 6.35. The van der Waals surface area contributed by atoms with Gasteiger partial charge in [0.25, 0.3) is 0 Å². The van der Waals surface area contributed by atoms with E-state index in [2.05, 4.69) is 10.2 Å². The van der Waals surface area contributed by atoms with Gasteiger partial charge in [0, 0.05) is 18.6 Å². The number of nitrogens with one attached hydrogen (secondary N) is 1. The monoisotopic (exact) mass is 274 g/mol. The topological polar surface area (TPSA) is 49.4 Å². The van der Waals surface area contributed by atoms with Gasteiger partial charge < -0.3 is 5.32 Å². The van der Waals surface area contributed by atoms with Crippen molar-refractivity contribution in [3.63, 3.8) is 0 Å². The van der Waals surface area contributed by atoms with E-state index in [1.807, 2.05) is 6.92 Å². The van der Waals surface area contributed by atoms with E-state index in [9.17, 15) is 8.42 Å². The van der Waals surface area contributed by atoms with Crippen LogP contribution in [0, 0.1) is 0 Å². The number of nitrogens with zero attached hydrogens (tertiary/aromatic N) is 1. The lowest BCUT2D eigenvalue weighted by atomic mass is 10.0. The number of rotatable bonds is 4. The molecule has 18 heavy (non-hydrogen) atoms. The molecule has 0 aromatic heterocycles. The molecule has 2 aliphatic heterocycles. The van der Waals surface area contributed by atoms with E-state index in [1.165, 1.54) is 38.6 Å². The van der Waals surface area contributed by atoms with Crippen LogP contribution in [0.25, 0.3) is 0 Å². The van der Waals surface area contributed by atoms with Crippen LogP contribution in [0.4, 0.5) is 0 Å². The predicted octanol–water partition coefficient (Wildman–Crippen LogP) is 1.03. The lowest BCUT2D eigenvalue weighted by Gasteiger charge is -2.33. The lowest BCUT2D eigenvalue weighted by molar-refractivity contribution is 0.216. The van der Waals surface area contributed by atoms with Crippen molar-refractivity contribution in [2.45, 2.75) is 51.1 Å². The molecule has 2 saturated heterocycles. The molecular weight excluding hydrogens is 248 g/mol. The van der Waals surface area contributed by atoms with Gasteiger partial charge in [-0.2, -0.15) is 0 Å². The van der Waals surface area contributed by atoms with Gasteiger partial charge in [-0.1, -0.05) is 6.42 Å². The van der Waals surface area contributed by atoms with Crippen molar-refractivity contribution in [2.75, 3.05) is 31.1 Å². The van der Waals surface area contributed by atoms with Crippen LogP contribution in [-0.2, 0) is 9.84 Å². The van der Waals surface area contributed by atoms with Gasteiger partial charge in [-0.3, -0.25) is 4.90 Å². The van der Waals surface area contributed by atoms with Crippen molar-refractivity contribution >= 4 is 9.84 Å². The second-order valence-corrected chi connectivity index (χ2v) is 8.02. The normalized spacial score (nSPS) is 33.4. The zero-order valence-corrected chi connectivity index (χ0v) is 12.2. The van der Waals surface area contributed by atoms with Crippen molar-refractivity contribution in [2.24, 2.45) is 0 Å². The number of hydrogen-bond acceptors (Lipinski definition) is 4. The Morgan fingerprint density at radius 3 is 2.83 bits per heavy atom. The summed E-state index contributed by atoms with van der Waals surface area (Å²) in [6.07, 6.45) is 6.40. The maximum Gasteiger partial charge on any atom is 0.153 e. The van der Waals surface area contributed by atoms with E-state index in [4.69, 9.17) is 0 Å². The molecule has 0 radical (unpaired) electrons. The van der Waals surface area contributed by atoms with Crippen LogP contribution in [-0.4, -0.2) is 56.5 Å². The number of piperidine rings is 1. The summed E-state index contributed by atoms with van der Waals surface area (Å²) in [7, 11) is -2.76. The molecule has 0 aliphatic carbocycles. The molecule has 2 rings (SSSR count). The first-order chi connectivity index (χ1) is 8.57. The van der Waals surface area contributed by atoms with Crippen molar-refractivity contribution < 1.29 is 8.42 Å². The third-order valence-electron chi connectivity index (χ3n) is 4.22. The third-order valence-corrected chi connectivity index (χ3v) is 6.01. The average molecular weight is 274 g/mol. The fourth-order valence-electron chi connectivity index (χ4n) is 3.08. The summed E-state index contributed by atoms with van der Waals surface area (Å²) in [6, 6.07) is 0.894. The van der Waals surface area contributed by atoms with Crippen LogP contribution >= 0.6 is 0 Å². The molecule has 5 heteroatoms. The van der Waals surface area contributed by atoms with Crippen LogP contribution in [0.5, 0.6) is 0 Å². The molecule has 0 amide bonds. The summed E-state index contributed by atoms with van der Waals surface area (Å²) in [6.45, 7) is 4.98. The molecule has 0 saturated carbocycles. The van der Waals surface area contributed by atoms with Gasteiger partial charge in [0.15, 0.2) is 9.84 Å². The Labute approximate surface area is 111 Å². The van der Waals surface area contributed by atoms with E-state index in [1.54, 1.807) is 0 Å². The molecule has 2 heterocycles. The van der Waals surface area contributed by atoms with Gasteiger partial charge in [0.2, 0.25) is 0 Å². The minimum Gasteiger partial charge on any atom is -0.314 e. The Hall–Kier alpha value is -0.130. The van der Waals surface area contributed by atoms with E-state index >= 15 is 0 Å². The van der Waals surface area contributed by atoms with Crippen molar-refractivity contribution in [1.82, 2.24) is 10.2 Å². The van der Waals surface area contributed by atoms with Crippen molar-refractivity contribution in [1.29, 1.82) is 0 Å². The summed E-state index contributed by atoms with van der Waals surface area (Å²) in [4.78, 5) is 2.34. The highest BCUT2D eigenvalue weighted by Gasteiger charge is 2.27. The molecule has 4 nitrogen and oxygen atoms in total. The standard InChI is InChI=1S/C13H26N2O2S/c1-12-11-18(16,17)10-9-15(12)8-4-6-13-5-2-3-7-14-13/h12-14H,2-11H2,1H3. The molecule has 2 aliphatic rings. The van der Waals surface area contributed by atoms with Crippen molar-refractivity contribution in [3.05, 3.63) is 0 Å². The quantitative estimate of drug-likeness (QED) is 0.832. The maximum atomic E-state index is 11.5. The molecule has 0 bridgehead atoms. The van der Waals surface area contributed by atoms with E-state index in [0.29, 0.717) is 17.5 Å².